The number of hydrogen-bond acceptors (Lipinski definition) is 3. The van der Waals surface area contributed by atoms with Crippen molar-refractivity contribution in [3.05, 3.63) is 0 Å². The van der Waals surface area contributed by atoms with Crippen molar-refractivity contribution >= 4 is 0 Å². The topological polar surface area (TPSA) is 38.7 Å². The molecule has 2 fully saturated rings. The van der Waals surface area contributed by atoms with Gasteiger partial charge in [-0.2, -0.15) is 0 Å². The Morgan fingerprint density at radius 1 is 1.64 bits per heavy atom. The second-order valence-corrected chi connectivity index (χ2v) is 3.34. The molecule has 0 aromatic rings. The molecule has 3 atom stereocenters. The van der Waals surface area contributed by atoms with Crippen molar-refractivity contribution in [2.24, 2.45) is 0 Å². The third kappa shape index (κ3) is 0.991. The third-order valence-corrected chi connectivity index (χ3v) is 2.80. The van der Waals surface area contributed by atoms with Gasteiger partial charge in [0.1, 0.15) is 0 Å². The molecule has 2 rings (SSSR count). The molecule has 1 N–H and O–H groups in total. The Balaban J connectivity index is 2.15. The highest BCUT2D eigenvalue weighted by Crippen LogP contribution is 2.41. The molecule has 2 heterocycles. The van der Waals surface area contributed by atoms with E-state index in [2.05, 4.69) is 6.92 Å². The molecule has 3 unspecified atom stereocenters. The molecule has 3 heteroatoms. The van der Waals surface area contributed by atoms with Crippen LogP contribution in [-0.4, -0.2) is 29.7 Å². The molecular weight excluding hydrogens is 144 g/mol. The van der Waals surface area contributed by atoms with E-state index < -0.39 is 6.29 Å². The van der Waals surface area contributed by atoms with Crippen molar-refractivity contribution in [3.8, 4) is 0 Å². The summed E-state index contributed by atoms with van der Waals surface area (Å²) >= 11 is 0. The van der Waals surface area contributed by atoms with Crippen LogP contribution in [0.5, 0.6) is 0 Å². The fourth-order valence-electron chi connectivity index (χ4n) is 2.12. The minimum atomic E-state index is -0.597. The van der Waals surface area contributed by atoms with Crippen LogP contribution in [0, 0.1) is 0 Å². The summed E-state index contributed by atoms with van der Waals surface area (Å²) < 4.78 is 10.9. The zero-order valence-corrected chi connectivity index (χ0v) is 6.75. The van der Waals surface area contributed by atoms with Crippen molar-refractivity contribution in [1.29, 1.82) is 0 Å². The van der Waals surface area contributed by atoms with Gasteiger partial charge in [-0.1, -0.05) is 6.92 Å². The highest BCUT2D eigenvalue weighted by molar-refractivity contribution is 4.97. The number of fused-ring (bicyclic) bond motifs is 1. The zero-order valence-electron chi connectivity index (χ0n) is 6.75. The maximum atomic E-state index is 9.23. The van der Waals surface area contributed by atoms with Gasteiger partial charge < -0.3 is 14.6 Å². The van der Waals surface area contributed by atoms with Gasteiger partial charge in [0.25, 0.3) is 0 Å². The maximum Gasteiger partial charge on any atom is 0.157 e. The second kappa shape index (κ2) is 2.44. The fraction of sp³-hybridized carbons (Fsp3) is 1.00. The molecule has 0 radical (unpaired) electrons. The van der Waals surface area contributed by atoms with Crippen LogP contribution in [0.25, 0.3) is 0 Å². The van der Waals surface area contributed by atoms with Crippen LogP contribution in [0.4, 0.5) is 0 Å². The van der Waals surface area contributed by atoms with E-state index >= 15 is 0 Å². The summed E-state index contributed by atoms with van der Waals surface area (Å²) in [6, 6.07) is 0. The largest absolute Gasteiger partial charge is 0.372 e. The van der Waals surface area contributed by atoms with Gasteiger partial charge in [-0.3, -0.25) is 0 Å². The SMILES string of the molecule is CCC12CC(O)OC1CCO2. The van der Waals surface area contributed by atoms with Crippen LogP contribution >= 0.6 is 0 Å². The third-order valence-electron chi connectivity index (χ3n) is 2.80. The molecule has 64 valence electrons. The minimum absolute atomic E-state index is 0.141. The Morgan fingerprint density at radius 3 is 3.09 bits per heavy atom. The summed E-state index contributed by atoms with van der Waals surface area (Å²) in [5.74, 6) is 0. The first-order valence-corrected chi connectivity index (χ1v) is 4.24. The first-order valence-electron chi connectivity index (χ1n) is 4.24. The van der Waals surface area contributed by atoms with E-state index in [1.807, 2.05) is 0 Å². The van der Waals surface area contributed by atoms with Crippen LogP contribution in [0.3, 0.4) is 0 Å². The molecule has 11 heavy (non-hydrogen) atoms. The van der Waals surface area contributed by atoms with Crippen molar-refractivity contribution in [3.63, 3.8) is 0 Å². The molecule has 2 saturated heterocycles. The summed E-state index contributed by atoms with van der Waals surface area (Å²) in [5, 5.41) is 9.23. The lowest BCUT2D eigenvalue weighted by Gasteiger charge is -2.23. The molecule has 0 bridgehead atoms. The number of ether oxygens (including phenoxy) is 2. The molecule has 0 aromatic heterocycles. The molecule has 0 aromatic carbocycles. The first-order chi connectivity index (χ1) is 5.27. The van der Waals surface area contributed by atoms with Crippen LogP contribution in [0.1, 0.15) is 26.2 Å². The molecule has 0 aliphatic carbocycles. The van der Waals surface area contributed by atoms with Gasteiger partial charge in [0, 0.05) is 6.42 Å². The van der Waals surface area contributed by atoms with Gasteiger partial charge >= 0.3 is 0 Å². The average molecular weight is 158 g/mol. The monoisotopic (exact) mass is 158 g/mol. The minimum Gasteiger partial charge on any atom is -0.372 e. The van der Waals surface area contributed by atoms with Gasteiger partial charge in [-0.15, -0.1) is 0 Å². The average Bonchev–Trinajstić information content (AvgIpc) is 2.43. The molecule has 2 aliphatic heterocycles. The van der Waals surface area contributed by atoms with Crippen molar-refractivity contribution in [2.45, 2.75) is 44.2 Å². The highest BCUT2D eigenvalue weighted by Gasteiger charge is 2.51. The Morgan fingerprint density at radius 2 is 2.45 bits per heavy atom. The zero-order chi connectivity index (χ0) is 7.90. The summed E-state index contributed by atoms with van der Waals surface area (Å²) in [5.41, 5.74) is -0.153. The quantitative estimate of drug-likeness (QED) is 0.609. The van der Waals surface area contributed by atoms with Crippen LogP contribution in [0.2, 0.25) is 0 Å². The van der Waals surface area contributed by atoms with Gasteiger partial charge in [0.2, 0.25) is 0 Å². The Kier molecular flexibility index (Phi) is 1.67. The standard InChI is InChI=1S/C8H14O3/c1-2-8-5-7(9)11-6(8)3-4-10-8/h6-7,9H,2-5H2,1H3. The lowest BCUT2D eigenvalue weighted by Crippen LogP contribution is -2.33. The molecule has 0 amide bonds. The first kappa shape index (κ1) is 7.53. The van der Waals surface area contributed by atoms with Crippen LogP contribution in [0.15, 0.2) is 0 Å². The number of aliphatic hydroxyl groups is 1. The molecule has 0 spiro atoms. The van der Waals surface area contributed by atoms with E-state index in [1.165, 1.54) is 0 Å². The summed E-state index contributed by atoms with van der Waals surface area (Å²) in [4.78, 5) is 0. The lowest BCUT2D eigenvalue weighted by atomic mass is 9.93. The second-order valence-electron chi connectivity index (χ2n) is 3.34. The molecule has 3 nitrogen and oxygen atoms in total. The summed E-state index contributed by atoms with van der Waals surface area (Å²) in [6.45, 7) is 2.87. The van der Waals surface area contributed by atoms with Crippen molar-refractivity contribution in [2.75, 3.05) is 6.61 Å². The normalized spacial score (nSPS) is 49.6. The van der Waals surface area contributed by atoms with E-state index in [1.54, 1.807) is 0 Å². The Bertz CT molecular complexity index is 159. The Hall–Kier alpha value is -0.120. The van der Waals surface area contributed by atoms with Crippen LogP contribution < -0.4 is 0 Å². The molecule has 0 saturated carbocycles. The predicted octanol–water partition coefficient (Wildman–Crippen LogP) is 0.663. The summed E-state index contributed by atoms with van der Waals surface area (Å²) in [6.07, 6.45) is 2.07. The summed E-state index contributed by atoms with van der Waals surface area (Å²) in [7, 11) is 0. The number of hydrogen-bond donors (Lipinski definition) is 1. The molecular formula is C8H14O3. The van der Waals surface area contributed by atoms with E-state index in [9.17, 15) is 5.11 Å². The lowest BCUT2D eigenvalue weighted by molar-refractivity contribution is -0.0917. The van der Waals surface area contributed by atoms with Gasteiger partial charge in [-0.05, 0) is 12.8 Å². The highest BCUT2D eigenvalue weighted by atomic mass is 16.6. The predicted molar refractivity (Wildman–Crippen MR) is 39.1 cm³/mol. The molecule has 2 aliphatic rings. The maximum absolute atomic E-state index is 9.23. The number of aliphatic hydroxyl groups excluding tert-OH is 1. The van der Waals surface area contributed by atoms with E-state index in [0.717, 1.165) is 19.4 Å². The van der Waals surface area contributed by atoms with Gasteiger partial charge in [0.05, 0.1) is 18.3 Å². The Labute approximate surface area is 66.3 Å². The van der Waals surface area contributed by atoms with Crippen molar-refractivity contribution in [1.82, 2.24) is 0 Å². The smallest absolute Gasteiger partial charge is 0.157 e. The van der Waals surface area contributed by atoms with E-state index in [4.69, 9.17) is 9.47 Å². The van der Waals surface area contributed by atoms with Crippen molar-refractivity contribution < 1.29 is 14.6 Å². The van der Waals surface area contributed by atoms with Crippen LogP contribution in [-0.2, 0) is 9.47 Å². The van der Waals surface area contributed by atoms with E-state index in [-0.39, 0.29) is 11.7 Å². The number of rotatable bonds is 1. The van der Waals surface area contributed by atoms with E-state index in [0.29, 0.717) is 6.42 Å². The van der Waals surface area contributed by atoms with Gasteiger partial charge in [-0.25, -0.2) is 0 Å². The van der Waals surface area contributed by atoms with Gasteiger partial charge in [0.15, 0.2) is 6.29 Å². The fourth-order valence-corrected chi connectivity index (χ4v) is 2.12.